The van der Waals surface area contributed by atoms with Crippen molar-refractivity contribution in [2.24, 2.45) is 0 Å². The number of ether oxygens (including phenoxy) is 4. The first kappa shape index (κ1) is 23.1. The number of methoxy groups -OCH3 is 2. The Balaban J connectivity index is 2.06. The molecule has 4 atom stereocenters. The number of hydrogen-bond donors (Lipinski definition) is 1. The highest BCUT2D eigenvalue weighted by Gasteiger charge is 2.56. The third-order valence-corrected chi connectivity index (χ3v) is 9.27. The topological polar surface area (TPSA) is 57.2 Å². The van der Waals surface area contributed by atoms with Gasteiger partial charge in [0.15, 0.2) is 14.2 Å². The molecule has 1 N–H and O–H groups in total. The molecule has 0 aliphatic carbocycles. The van der Waals surface area contributed by atoms with E-state index < -0.39 is 32.5 Å². The lowest BCUT2D eigenvalue weighted by atomic mass is 10.0. The van der Waals surface area contributed by atoms with Crippen molar-refractivity contribution in [2.45, 2.75) is 56.5 Å². The number of hydrogen-bond acceptors (Lipinski definition) is 5. The van der Waals surface area contributed by atoms with Crippen LogP contribution in [0.25, 0.3) is 0 Å². The van der Waals surface area contributed by atoms with Gasteiger partial charge in [-0.2, -0.15) is 0 Å². The van der Waals surface area contributed by atoms with Crippen molar-refractivity contribution in [3.63, 3.8) is 0 Å². The minimum atomic E-state index is -2.11. The van der Waals surface area contributed by atoms with Gasteiger partial charge in [0.2, 0.25) is 0 Å². The average Bonchev–Trinajstić information content (AvgIpc) is 2.74. The summed E-state index contributed by atoms with van der Waals surface area (Å²) in [4.78, 5) is 0. The van der Waals surface area contributed by atoms with Gasteiger partial charge < -0.3 is 24.1 Å². The van der Waals surface area contributed by atoms with Crippen molar-refractivity contribution in [3.8, 4) is 0 Å². The summed E-state index contributed by atoms with van der Waals surface area (Å²) in [5.74, 6) is 0. The summed E-state index contributed by atoms with van der Waals surface area (Å²) in [6.45, 7) is 6.27. The van der Waals surface area contributed by atoms with Crippen LogP contribution >= 0.6 is 0 Å². The summed E-state index contributed by atoms with van der Waals surface area (Å²) in [5, 5.41) is 13.2. The van der Waals surface area contributed by atoms with Gasteiger partial charge in [-0.1, -0.05) is 71.0 Å². The van der Waals surface area contributed by atoms with E-state index in [4.69, 9.17) is 18.9 Å². The van der Waals surface area contributed by atoms with Crippen LogP contribution in [-0.2, 0) is 18.9 Å². The fourth-order valence-corrected chi connectivity index (χ4v) is 7.88. The summed E-state index contributed by atoms with van der Waals surface area (Å²) in [7, 11) is 1.22. The summed E-state index contributed by atoms with van der Waals surface area (Å²) >= 11 is 0. The smallest absolute Gasteiger partial charge is 0.183 e. The van der Waals surface area contributed by atoms with Gasteiger partial charge in [-0.05, 0) is 20.8 Å². The van der Waals surface area contributed by atoms with E-state index in [1.807, 2.05) is 57.2 Å². The predicted octanol–water partition coefficient (Wildman–Crippen LogP) is 1.89. The van der Waals surface area contributed by atoms with E-state index in [0.717, 1.165) is 0 Å². The lowest BCUT2D eigenvalue weighted by Gasteiger charge is -2.50. The molecule has 0 amide bonds. The third kappa shape index (κ3) is 5.02. The minimum Gasteiger partial charge on any atom is -0.390 e. The van der Waals surface area contributed by atoms with Gasteiger partial charge in [0.25, 0.3) is 0 Å². The molecular formula is C24H34O5Si. The van der Waals surface area contributed by atoms with Gasteiger partial charge in [0, 0.05) is 20.6 Å². The van der Waals surface area contributed by atoms with Crippen LogP contribution in [0.15, 0.2) is 60.7 Å². The summed E-state index contributed by atoms with van der Waals surface area (Å²) in [6, 6.07) is 20.7. The van der Waals surface area contributed by atoms with Crippen molar-refractivity contribution in [1.29, 1.82) is 0 Å². The molecule has 1 heterocycles. The van der Waals surface area contributed by atoms with Crippen LogP contribution in [0.5, 0.6) is 0 Å². The molecule has 3 rings (SSSR count). The van der Waals surface area contributed by atoms with Crippen molar-refractivity contribution >= 4 is 19.2 Å². The number of rotatable bonds is 7. The molecule has 2 aromatic carbocycles. The van der Waals surface area contributed by atoms with Gasteiger partial charge in [-0.25, -0.2) is 0 Å². The molecule has 0 aromatic heterocycles. The maximum atomic E-state index is 10.8. The fraction of sp³-hybridized carbons (Fsp3) is 0.500. The maximum Gasteiger partial charge on any atom is 0.183 e. The zero-order valence-electron chi connectivity index (χ0n) is 18.6. The number of aliphatic hydroxyl groups is 1. The standard InChI is InChI=1S/C24H34O5Si/c1-23(2,3)28-17-21-20(25)16-22(26-4)24(27-5,29-21)30(18-12-8-6-9-13-18)19-14-10-7-11-15-19/h6-15,20-22,25,30H,16-17H2,1-5H3/t20-,21+,22+,24+/m0/s1. The molecule has 2 aromatic rings. The highest BCUT2D eigenvalue weighted by atomic mass is 28.3. The quantitative estimate of drug-likeness (QED) is 0.680. The molecule has 0 spiro atoms. The van der Waals surface area contributed by atoms with Gasteiger partial charge in [-0.3, -0.25) is 0 Å². The minimum absolute atomic E-state index is 0.289. The second kappa shape index (κ2) is 9.72. The van der Waals surface area contributed by atoms with Crippen molar-refractivity contribution in [2.75, 3.05) is 20.8 Å². The summed E-state index contributed by atoms with van der Waals surface area (Å²) in [5.41, 5.74) is -1.31. The van der Waals surface area contributed by atoms with Gasteiger partial charge in [-0.15, -0.1) is 0 Å². The van der Waals surface area contributed by atoms with E-state index >= 15 is 0 Å². The molecule has 5 nitrogen and oxygen atoms in total. The van der Waals surface area contributed by atoms with Crippen LogP contribution in [0.3, 0.4) is 0 Å². The molecule has 0 saturated carbocycles. The molecule has 0 bridgehead atoms. The van der Waals surface area contributed by atoms with E-state index in [2.05, 4.69) is 24.3 Å². The maximum absolute atomic E-state index is 10.8. The van der Waals surface area contributed by atoms with Gasteiger partial charge in [0.1, 0.15) is 12.2 Å². The molecule has 6 heteroatoms. The highest BCUT2D eigenvalue weighted by molar-refractivity contribution is 6.87. The first-order chi connectivity index (χ1) is 14.3. The highest BCUT2D eigenvalue weighted by Crippen LogP contribution is 2.35. The molecule has 1 saturated heterocycles. The van der Waals surface area contributed by atoms with Crippen LogP contribution in [0.4, 0.5) is 0 Å². The Hall–Kier alpha value is -1.54. The van der Waals surface area contributed by atoms with Crippen molar-refractivity contribution in [1.82, 2.24) is 0 Å². The molecule has 0 radical (unpaired) electrons. The predicted molar refractivity (Wildman–Crippen MR) is 121 cm³/mol. The van der Waals surface area contributed by atoms with Crippen molar-refractivity contribution in [3.05, 3.63) is 60.7 Å². The van der Waals surface area contributed by atoms with Crippen LogP contribution in [0, 0.1) is 0 Å². The molecule has 30 heavy (non-hydrogen) atoms. The Kier molecular flexibility index (Phi) is 7.50. The van der Waals surface area contributed by atoms with E-state index in [0.29, 0.717) is 6.42 Å². The van der Waals surface area contributed by atoms with Gasteiger partial charge >= 0.3 is 0 Å². The summed E-state index contributed by atoms with van der Waals surface area (Å²) in [6.07, 6.45) is -1.17. The lowest BCUT2D eigenvalue weighted by molar-refractivity contribution is -0.301. The van der Waals surface area contributed by atoms with Crippen molar-refractivity contribution < 1.29 is 24.1 Å². The zero-order valence-corrected chi connectivity index (χ0v) is 19.7. The Bertz CT molecular complexity index is 740. The number of aliphatic hydroxyl groups excluding tert-OH is 1. The van der Waals surface area contributed by atoms with E-state index in [1.54, 1.807) is 14.2 Å². The second-order valence-electron chi connectivity index (χ2n) is 8.79. The van der Waals surface area contributed by atoms with E-state index in [9.17, 15) is 5.11 Å². The largest absolute Gasteiger partial charge is 0.390 e. The zero-order chi connectivity index (χ0) is 21.8. The SMILES string of the molecule is CO[C@@H]1C[C@H](O)[C@@H](COC(C)(C)C)O[C@@]1(OC)[SiH](c1ccccc1)c1ccccc1. The molecule has 1 fully saturated rings. The lowest BCUT2D eigenvalue weighted by Crippen LogP contribution is -2.73. The fourth-order valence-electron chi connectivity index (χ4n) is 4.16. The van der Waals surface area contributed by atoms with E-state index in [1.165, 1.54) is 10.4 Å². The van der Waals surface area contributed by atoms with Crippen LogP contribution in [0.2, 0.25) is 0 Å². The van der Waals surface area contributed by atoms with Crippen LogP contribution in [-0.4, -0.2) is 64.1 Å². The Morgan fingerprint density at radius 3 is 1.97 bits per heavy atom. The number of benzene rings is 2. The first-order valence-electron chi connectivity index (χ1n) is 10.5. The molecule has 1 aliphatic heterocycles. The van der Waals surface area contributed by atoms with Crippen LogP contribution in [0.1, 0.15) is 27.2 Å². The average molecular weight is 431 g/mol. The Morgan fingerprint density at radius 2 is 1.53 bits per heavy atom. The summed E-state index contributed by atoms with van der Waals surface area (Å²) < 4.78 is 24.7. The molecule has 1 aliphatic rings. The molecular weight excluding hydrogens is 396 g/mol. The third-order valence-electron chi connectivity index (χ3n) is 5.62. The monoisotopic (exact) mass is 430 g/mol. The first-order valence-corrected chi connectivity index (χ1v) is 12.2. The normalized spacial score (nSPS) is 27.4. The Morgan fingerprint density at radius 1 is 1.00 bits per heavy atom. The second-order valence-corrected chi connectivity index (χ2v) is 11.8. The van der Waals surface area contributed by atoms with Crippen LogP contribution < -0.4 is 10.4 Å². The van der Waals surface area contributed by atoms with E-state index in [-0.39, 0.29) is 12.2 Å². The Labute approximate surface area is 181 Å². The molecule has 0 unspecified atom stereocenters. The molecule has 164 valence electrons. The van der Waals surface area contributed by atoms with Gasteiger partial charge in [0.05, 0.1) is 18.3 Å².